The summed E-state index contributed by atoms with van der Waals surface area (Å²) in [5.41, 5.74) is 2.14. The van der Waals surface area contributed by atoms with E-state index < -0.39 is 0 Å². The van der Waals surface area contributed by atoms with E-state index >= 15 is 0 Å². The molecule has 0 fully saturated rings. The highest BCUT2D eigenvalue weighted by Gasteiger charge is 2.03. The highest BCUT2D eigenvalue weighted by Crippen LogP contribution is 2.28. The third-order valence-corrected chi connectivity index (χ3v) is 3.07. The number of hydrogen-bond donors (Lipinski definition) is 0. The van der Waals surface area contributed by atoms with Gasteiger partial charge in [0.1, 0.15) is 0 Å². The van der Waals surface area contributed by atoms with Crippen molar-refractivity contribution >= 4 is 21.6 Å². The van der Waals surface area contributed by atoms with Crippen molar-refractivity contribution in [2.45, 2.75) is 26.2 Å². The largest absolute Gasteiger partial charge is 0.327 e. The summed E-state index contributed by atoms with van der Waals surface area (Å²) >= 11 is 1.23. The molecule has 1 aromatic heterocycles. The third kappa shape index (κ3) is 1.87. The SMILES string of the molecule is CCCCc1ccc2nc([O])sc2c1. The van der Waals surface area contributed by atoms with Gasteiger partial charge in [0.2, 0.25) is 0 Å². The Hall–Kier alpha value is -1.09. The van der Waals surface area contributed by atoms with Crippen LogP contribution in [-0.4, -0.2) is 4.98 Å². The zero-order chi connectivity index (χ0) is 9.97. The van der Waals surface area contributed by atoms with Crippen LogP contribution in [0.2, 0.25) is 0 Å². The van der Waals surface area contributed by atoms with Gasteiger partial charge in [0.15, 0.2) is 0 Å². The van der Waals surface area contributed by atoms with Crippen LogP contribution in [0.1, 0.15) is 25.3 Å². The second kappa shape index (κ2) is 3.96. The summed E-state index contributed by atoms with van der Waals surface area (Å²) in [5.74, 6) is 0. The number of rotatable bonds is 3. The highest BCUT2D eigenvalue weighted by atomic mass is 32.1. The Morgan fingerprint density at radius 3 is 3.07 bits per heavy atom. The van der Waals surface area contributed by atoms with E-state index in [4.69, 9.17) is 0 Å². The Kier molecular flexibility index (Phi) is 2.68. The van der Waals surface area contributed by atoms with Gasteiger partial charge < -0.3 is 0 Å². The van der Waals surface area contributed by atoms with E-state index in [2.05, 4.69) is 24.0 Å². The van der Waals surface area contributed by atoms with Gasteiger partial charge in [-0.05, 0) is 30.5 Å². The summed E-state index contributed by atoms with van der Waals surface area (Å²) in [6, 6.07) is 6.10. The summed E-state index contributed by atoms with van der Waals surface area (Å²) < 4.78 is 1.02. The van der Waals surface area contributed by atoms with Crippen molar-refractivity contribution in [2.75, 3.05) is 0 Å². The number of hydrogen-bond acceptors (Lipinski definition) is 2. The third-order valence-electron chi connectivity index (χ3n) is 2.25. The lowest BCUT2D eigenvalue weighted by Crippen LogP contribution is -1.83. The molecule has 1 aromatic carbocycles. The van der Waals surface area contributed by atoms with Gasteiger partial charge in [-0.1, -0.05) is 30.7 Å². The first-order valence-electron chi connectivity index (χ1n) is 4.86. The van der Waals surface area contributed by atoms with Crippen molar-refractivity contribution in [2.24, 2.45) is 0 Å². The van der Waals surface area contributed by atoms with Crippen LogP contribution in [0.15, 0.2) is 18.2 Å². The average Bonchev–Trinajstić information content (AvgIpc) is 2.54. The molecule has 0 saturated heterocycles. The molecule has 0 saturated carbocycles. The van der Waals surface area contributed by atoms with E-state index in [1.165, 1.54) is 29.7 Å². The van der Waals surface area contributed by atoms with Crippen molar-refractivity contribution < 1.29 is 5.11 Å². The minimum absolute atomic E-state index is 0.0901. The molecule has 2 aromatic rings. The summed E-state index contributed by atoms with van der Waals surface area (Å²) in [6.07, 6.45) is 3.50. The molecule has 0 aliphatic carbocycles. The quantitative estimate of drug-likeness (QED) is 0.752. The van der Waals surface area contributed by atoms with Crippen LogP contribution in [0.4, 0.5) is 0 Å². The minimum Gasteiger partial charge on any atom is -0.255 e. The summed E-state index contributed by atoms with van der Waals surface area (Å²) in [4.78, 5) is 3.90. The van der Waals surface area contributed by atoms with E-state index in [-0.39, 0.29) is 5.19 Å². The maximum Gasteiger partial charge on any atom is 0.327 e. The molecule has 0 spiro atoms. The number of aromatic nitrogens is 1. The van der Waals surface area contributed by atoms with Crippen LogP contribution in [0.5, 0.6) is 5.19 Å². The minimum atomic E-state index is -0.0901. The van der Waals surface area contributed by atoms with Gasteiger partial charge in [-0.15, -0.1) is 0 Å². The second-order valence-electron chi connectivity index (χ2n) is 3.39. The van der Waals surface area contributed by atoms with Crippen molar-refractivity contribution in [1.82, 2.24) is 4.98 Å². The molecule has 1 radical (unpaired) electrons. The van der Waals surface area contributed by atoms with Crippen molar-refractivity contribution in [3.8, 4) is 5.19 Å². The monoisotopic (exact) mass is 206 g/mol. The van der Waals surface area contributed by atoms with Gasteiger partial charge >= 0.3 is 5.19 Å². The maximum absolute atomic E-state index is 11.0. The highest BCUT2D eigenvalue weighted by molar-refractivity contribution is 7.20. The van der Waals surface area contributed by atoms with Gasteiger partial charge in [-0.25, -0.2) is 0 Å². The van der Waals surface area contributed by atoms with Crippen LogP contribution >= 0.6 is 11.3 Å². The molecule has 0 aliphatic heterocycles. The van der Waals surface area contributed by atoms with Gasteiger partial charge in [0.25, 0.3) is 0 Å². The number of benzene rings is 1. The molecule has 14 heavy (non-hydrogen) atoms. The van der Waals surface area contributed by atoms with Crippen molar-refractivity contribution in [3.63, 3.8) is 0 Å². The molecule has 2 nitrogen and oxygen atoms in total. The first-order chi connectivity index (χ1) is 6.79. The van der Waals surface area contributed by atoms with E-state index in [0.717, 1.165) is 16.6 Å². The lowest BCUT2D eigenvalue weighted by atomic mass is 10.1. The van der Waals surface area contributed by atoms with Gasteiger partial charge in [-0.2, -0.15) is 4.98 Å². The van der Waals surface area contributed by atoms with Crippen molar-refractivity contribution in [3.05, 3.63) is 23.8 Å². The second-order valence-corrected chi connectivity index (χ2v) is 4.38. The standard InChI is InChI=1S/C11H12NOS/c1-2-3-4-8-5-6-9-10(7-8)14-11(13)12-9/h5-7H,2-4H2,1H3. The Labute approximate surface area is 87.2 Å². The summed E-state index contributed by atoms with van der Waals surface area (Å²) in [6.45, 7) is 2.18. The zero-order valence-electron chi connectivity index (χ0n) is 8.12. The molecular weight excluding hydrogens is 194 g/mol. The van der Waals surface area contributed by atoms with E-state index in [1.54, 1.807) is 0 Å². The number of thiazole rings is 1. The number of aryl methyl sites for hydroxylation is 1. The fourth-order valence-corrected chi connectivity index (χ4v) is 2.24. The molecule has 0 unspecified atom stereocenters. The van der Waals surface area contributed by atoms with E-state index in [1.807, 2.05) is 6.07 Å². The molecule has 2 rings (SSSR count). The first-order valence-corrected chi connectivity index (χ1v) is 5.67. The summed E-state index contributed by atoms with van der Waals surface area (Å²) in [7, 11) is 0. The molecule has 0 N–H and O–H groups in total. The maximum atomic E-state index is 11.0. The molecule has 0 amide bonds. The van der Waals surface area contributed by atoms with Gasteiger partial charge in [0, 0.05) is 0 Å². The zero-order valence-corrected chi connectivity index (χ0v) is 8.93. The predicted octanol–water partition coefficient (Wildman–Crippen LogP) is 3.78. The lowest BCUT2D eigenvalue weighted by Gasteiger charge is -1.98. The van der Waals surface area contributed by atoms with Crippen LogP contribution in [0.25, 0.3) is 10.2 Å². The Bertz CT molecular complexity index is 436. The van der Waals surface area contributed by atoms with Gasteiger partial charge in [-0.3, -0.25) is 5.11 Å². The molecule has 1 heterocycles. The van der Waals surface area contributed by atoms with E-state index in [0.29, 0.717) is 0 Å². The number of nitrogens with zero attached hydrogens (tertiary/aromatic N) is 1. The number of fused-ring (bicyclic) bond motifs is 1. The van der Waals surface area contributed by atoms with Crippen LogP contribution in [-0.2, 0) is 11.5 Å². The van der Waals surface area contributed by atoms with Crippen LogP contribution in [0.3, 0.4) is 0 Å². The molecule has 0 aliphatic rings. The lowest BCUT2D eigenvalue weighted by molar-refractivity contribution is 0.353. The summed E-state index contributed by atoms with van der Waals surface area (Å²) in [5, 5.41) is 10.9. The Balaban J connectivity index is 2.31. The smallest absolute Gasteiger partial charge is 0.255 e. The topological polar surface area (TPSA) is 32.8 Å². The van der Waals surface area contributed by atoms with Crippen LogP contribution < -0.4 is 0 Å². The normalized spacial score (nSPS) is 10.9. The number of unbranched alkanes of at least 4 members (excludes halogenated alkanes) is 1. The molecular formula is C11H12NOS. The van der Waals surface area contributed by atoms with E-state index in [9.17, 15) is 5.11 Å². The molecule has 0 atom stereocenters. The molecule has 0 bridgehead atoms. The fourth-order valence-electron chi connectivity index (χ4n) is 1.48. The first kappa shape index (κ1) is 9.46. The Morgan fingerprint density at radius 1 is 1.43 bits per heavy atom. The molecule has 3 heteroatoms. The average molecular weight is 206 g/mol. The predicted molar refractivity (Wildman–Crippen MR) is 58.4 cm³/mol. The van der Waals surface area contributed by atoms with Crippen LogP contribution in [0, 0.1) is 0 Å². The Morgan fingerprint density at radius 2 is 2.29 bits per heavy atom. The van der Waals surface area contributed by atoms with Crippen molar-refractivity contribution in [1.29, 1.82) is 0 Å². The fraction of sp³-hybridized carbons (Fsp3) is 0.364. The van der Waals surface area contributed by atoms with Gasteiger partial charge in [0.05, 0.1) is 10.2 Å². The molecule has 73 valence electrons.